The highest BCUT2D eigenvalue weighted by molar-refractivity contribution is 5.97. The van der Waals surface area contributed by atoms with Gasteiger partial charge >= 0.3 is 5.97 Å². The van der Waals surface area contributed by atoms with Gasteiger partial charge in [0.05, 0.1) is 6.61 Å². The van der Waals surface area contributed by atoms with Crippen molar-refractivity contribution in [3.63, 3.8) is 0 Å². The molecule has 0 radical (unpaired) electrons. The highest BCUT2D eigenvalue weighted by atomic mass is 16.5. The maximum absolute atomic E-state index is 11.7. The zero-order chi connectivity index (χ0) is 13.5. The Morgan fingerprint density at radius 3 is 2.11 bits per heavy atom. The lowest BCUT2D eigenvalue weighted by atomic mass is 9.95. The molecule has 0 aliphatic heterocycles. The fraction of sp³-hybridized carbons (Fsp3) is 0.467. The summed E-state index contributed by atoms with van der Waals surface area (Å²) in [5.41, 5.74) is 2.23. The van der Waals surface area contributed by atoms with Crippen LogP contribution in [0.25, 0.3) is 0 Å². The Morgan fingerprint density at radius 1 is 1.11 bits per heavy atom. The monoisotopic (exact) mass is 248 g/mol. The van der Waals surface area contributed by atoms with Crippen LogP contribution in [0.3, 0.4) is 0 Å². The number of ether oxygens (including phenoxy) is 1. The van der Waals surface area contributed by atoms with Gasteiger partial charge < -0.3 is 4.74 Å². The van der Waals surface area contributed by atoms with Gasteiger partial charge in [-0.2, -0.15) is 0 Å². The van der Waals surface area contributed by atoms with E-state index in [1.165, 1.54) is 12.5 Å². The molecule has 1 unspecified atom stereocenters. The summed E-state index contributed by atoms with van der Waals surface area (Å²) in [7, 11) is 0. The number of esters is 1. The average molecular weight is 248 g/mol. The first kappa shape index (κ1) is 14.4. The first-order valence-corrected chi connectivity index (χ1v) is 6.33. The van der Waals surface area contributed by atoms with Crippen molar-refractivity contribution in [1.82, 2.24) is 0 Å². The summed E-state index contributed by atoms with van der Waals surface area (Å²) in [6.45, 7) is 5.57. The Balaban J connectivity index is 2.76. The van der Waals surface area contributed by atoms with Crippen LogP contribution >= 0.6 is 0 Å². The van der Waals surface area contributed by atoms with E-state index < -0.39 is 11.9 Å². The van der Waals surface area contributed by atoms with Gasteiger partial charge in [-0.1, -0.05) is 31.2 Å². The minimum Gasteiger partial charge on any atom is -0.465 e. The number of rotatable bonds is 6. The molecule has 18 heavy (non-hydrogen) atoms. The van der Waals surface area contributed by atoms with Crippen molar-refractivity contribution in [2.45, 2.75) is 33.6 Å². The number of hydrogen-bond donors (Lipinski definition) is 0. The second-order valence-corrected chi connectivity index (χ2v) is 4.29. The molecule has 0 saturated carbocycles. The van der Waals surface area contributed by atoms with E-state index in [0.717, 1.165) is 12.0 Å². The highest BCUT2D eigenvalue weighted by Crippen LogP contribution is 2.13. The molecule has 0 spiro atoms. The predicted octanol–water partition coefficient (Wildman–Crippen LogP) is 2.56. The smallest absolute Gasteiger partial charge is 0.316 e. The van der Waals surface area contributed by atoms with Crippen LogP contribution in [-0.2, 0) is 27.2 Å². The second kappa shape index (κ2) is 6.94. The number of aryl methyl sites for hydroxylation is 1. The van der Waals surface area contributed by atoms with Crippen molar-refractivity contribution in [2.75, 3.05) is 6.61 Å². The summed E-state index contributed by atoms with van der Waals surface area (Å²) >= 11 is 0. The lowest BCUT2D eigenvalue weighted by Gasteiger charge is -2.12. The third kappa shape index (κ3) is 3.99. The molecule has 0 amide bonds. The minimum absolute atomic E-state index is 0.145. The van der Waals surface area contributed by atoms with Crippen LogP contribution in [-0.4, -0.2) is 18.4 Å². The van der Waals surface area contributed by atoms with E-state index in [9.17, 15) is 9.59 Å². The zero-order valence-electron chi connectivity index (χ0n) is 11.2. The molecular formula is C15H20O3. The number of carbonyl (C=O) groups excluding carboxylic acids is 2. The molecule has 0 heterocycles. The molecule has 3 nitrogen and oxygen atoms in total. The molecule has 1 aromatic carbocycles. The first-order valence-electron chi connectivity index (χ1n) is 6.33. The topological polar surface area (TPSA) is 43.4 Å². The molecule has 0 fully saturated rings. The summed E-state index contributed by atoms with van der Waals surface area (Å²) in [6, 6.07) is 7.98. The standard InChI is InChI=1S/C15H20O3/c1-4-12-6-8-13(9-7-12)10-14(11(3)16)15(17)18-5-2/h6-9,14H,4-5,10H2,1-3H3. The largest absolute Gasteiger partial charge is 0.465 e. The van der Waals surface area contributed by atoms with Crippen LogP contribution in [0.5, 0.6) is 0 Å². The molecule has 0 N–H and O–H groups in total. The number of Topliss-reactive ketones (excluding diaryl/α,β-unsaturated/α-hetero) is 1. The number of ketones is 1. The van der Waals surface area contributed by atoms with Crippen LogP contribution in [0.2, 0.25) is 0 Å². The molecule has 0 aliphatic rings. The number of hydrogen-bond acceptors (Lipinski definition) is 3. The summed E-state index contributed by atoms with van der Waals surface area (Å²) in [4.78, 5) is 23.2. The minimum atomic E-state index is -0.683. The highest BCUT2D eigenvalue weighted by Gasteiger charge is 2.24. The van der Waals surface area contributed by atoms with Crippen molar-refractivity contribution >= 4 is 11.8 Å². The van der Waals surface area contributed by atoms with E-state index >= 15 is 0 Å². The van der Waals surface area contributed by atoms with Gasteiger partial charge in [0.15, 0.2) is 0 Å². The van der Waals surface area contributed by atoms with E-state index in [1.54, 1.807) is 6.92 Å². The molecule has 0 aromatic heterocycles. The van der Waals surface area contributed by atoms with Crippen LogP contribution in [0.4, 0.5) is 0 Å². The second-order valence-electron chi connectivity index (χ2n) is 4.29. The van der Waals surface area contributed by atoms with Crippen LogP contribution < -0.4 is 0 Å². The van der Waals surface area contributed by atoms with Crippen molar-refractivity contribution in [2.24, 2.45) is 5.92 Å². The normalized spacial score (nSPS) is 11.9. The van der Waals surface area contributed by atoms with E-state index in [2.05, 4.69) is 6.92 Å². The maximum atomic E-state index is 11.7. The van der Waals surface area contributed by atoms with E-state index in [1.807, 2.05) is 24.3 Å². The maximum Gasteiger partial charge on any atom is 0.316 e. The summed E-state index contributed by atoms with van der Waals surface area (Å²) < 4.78 is 4.92. The van der Waals surface area contributed by atoms with Gasteiger partial charge in [0.2, 0.25) is 0 Å². The van der Waals surface area contributed by atoms with Gasteiger partial charge in [-0.15, -0.1) is 0 Å². The van der Waals surface area contributed by atoms with Crippen molar-refractivity contribution in [3.05, 3.63) is 35.4 Å². The van der Waals surface area contributed by atoms with Crippen molar-refractivity contribution in [3.8, 4) is 0 Å². The van der Waals surface area contributed by atoms with Gasteiger partial charge in [-0.05, 0) is 37.8 Å². The van der Waals surface area contributed by atoms with Crippen LogP contribution in [0.1, 0.15) is 31.9 Å². The Hall–Kier alpha value is -1.64. The molecule has 0 saturated heterocycles. The SMILES string of the molecule is CCOC(=O)C(Cc1ccc(CC)cc1)C(C)=O. The molecule has 3 heteroatoms. The average Bonchev–Trinajstić information content (AvgIpc) is 2.36. The Morgan fingerprint density at radius 2 is 1.67 bits per heavy atom. The number of carbonyl (C=O) groups is 2. The lowest BCUT2D eigenvalue weighted by Crippen LogP contribution is -2.26. The van der Waals surface area contributed by atoms with Crippen molar-refractivity contribution < 1.29 is 14.3 Å². The van der Waals surface area contributed by atoms with Crippen molar-refractivity contribution in [1.29, 1.82) is 0 Å². The third-order valence-corrected chi connectivity index (χ3v) is 2.93. The molecule has 0 bridgehead atoms. The fourth-order valence-corrected chi connectivity index (χ4v) is 1.78. The molecule has 0 aliphatic carbocycles. The molecule has 1 aromatic rings. The van der Waals surface area contributed by atoms with Gasteiger partial charge in [-0.3, -0.25) is 9.59 Å². The Bertz CT molecular complexity index is 406. The quantitative estimate of drug-likeness (QED) is 0.574. The molecule has 1 rings (SSSR count). The Kier molecular flexibility index (Phi) is 5.56. The third-order valence-electron chi connectivity index (χ3n) is 2.93. The predicted molar refractivity (Wildman–Crippen MR) is 70.3 cm³/mol. The van der Waals surface area contributed by atoms with E-state index in [0.29, 0.717) is 13.0 Å². The van der Waals surface area contributed by atoms with Gasteiger partial charge in [0.1, 0.15) is 11.7 Å². The summed E-state index contributed by atoms with van der Waals surface area (Å²) in [5.74, 6) is -1.25. The fourth-order valence-electron chi connectivity index (χ4n) is 1.78. The van der Waals surface area contributed by atoms with Crippen LogP contribution in [0, 0.1) is 5.92 Å². The molecule has 98 valence electrons. The van der Waals surface area contributed by atoms with Gasteiger partial charge in [0.25, 0.3) is 0 Å². The first-order chi connectivity index (χ1) is 8.58. The van der Waals surface area contributed by atoms with E-state index in [-0.39, 0.29) is 5.78 Å². The van der Waals surface area contributed by atoms with Crippen LogP contribution in [0.15, 0.2) is 24.3 Å². The molecular weight excluding hydrogens is 228 g/mol. The molecule has 1 atom stereocenters. The van der Waals surface area contributed by atoms with Gasteiger partial charge in [0, 0.05) is 0 Å². The zero-order valence-corrected chi connectivity index (χ0v) is 11.2. The summed E-state index contributed by atoms with van der Waals surface area (Å²) in [6.07, 6.45) is 1.40. The summed E-state index contributed by atoms with van der Waals surface area (Å²) in [5, 5.41) is 0. The number of benzene rings is 1. The van der Waals surface area contributed by atoms with Gasteiger partial charge in [-0.25, -0.2) is 0 Å². The van der Waals surface area contributed by atoms with E-state index in [4.69, 9.17) is 4.74 Å². The Labute approximate surface area is 108 Å². The lowest BCUT2D eigenvalue weighted by molar-refractivity contribution is -0.151.